The summed E-state index contributed by atoms with van der Waals surface area (Å²) in [6, 6.07) is 21.6. The van der Waals surface area contributed by atoms with E-state index in [0.29, 0.717) is 6.42 Å². The van der Waals surface area contributed by atoms with Gasteiger partial charge in [0.2, 0.25) is 5.91 Å². The SMILES string of the molecule is Cc1ccc(-n2nc3cc(C)c(NC(=O)Cc4ccccc4)cc3n2)cc1. The molecular weight excluding hydrogens is 336 g/mol. The molecule has 0 fully saturated rings. The van der Waals surface area contributed by atoms with Crippen LogP contribution in [0.1, 0.15) is 16.7 Å². The Morgan fingerprint density at radius 2 is 1.59 bits per heavy atom. The van der Waals surface area contributed by atoms with Gasteiger partial charge in [-0.3, -0.25) is 4.79 Å². The van der Waals surface area contributed by atoms with Crippen molar-refractivity contribution in [3.8, 4) is 5.69 Å². The Morgan fingerprint density at radius 3 is 2.30 bits per heavy atom. The highest BCUT2D eigenvalue weighted by Gasteiger charge is 2.11. The molecule has 0 bridgehead atoms. The van der Waals surface area contributed by atoms with Gasteiger partial charge in [0.15, 0.2) is 0 Å². The Labute approximate surface area is 157 Å². The molecular formula is C22H20N4O. The van der Waals surface area contributed by atoms with Gasteiger partial charge in [0, 0.05) is 5.69 Å². The molecule has 0 saturated heterocycles. The van der Waals surface area contributed by atoms with Crippen LogP contribution in [0.5, 0.6) is 0 Å². The number of aromatic nitrogens is 3. The van der Waals surface area contributed by atoms with E-state index in [4.69, 9.17) is 0 Å². The Bertz CT molecular complexity index is 1100. The largest absolute Gasteiger partial charge is 0.325 e. The molecule has 1 amide bonds. The summed E-state index contributed by atoms with van der Waals surface area (Å²) >= 11 is 0. The van der Waals surface area contributed by atoms with Crippen molar-refractivity contribution in [3.63, 3.8) is 0 Å². The number of hydrogen-bond acceptors (Lipinski definition) is 3. The smallest absolute Gasteiger partial charge is 0.228 e. The minimum atomic E-state index is -0.0467. The molecule has 0 aliphatic heterocycles. The number of fused-ring (bicyclic) bond motifs is 1. The summed E-state index contributed by atoms with van der Waals surface area (Å²) < 4.78 is 0. The van der Waals surface area contributed by atoms with Gasteiger partial charge in [0.05, 0.1) is 12.1 Å². The first-order valence-corrected chi connectivity index (χ1v) is 8.87. The van der Waals surface area contributed by atoms with E-state index in [2.05, 4.69) is 15.5 Å². The number of rotatable bonds is 4. The molecule has 3 aromatic carbocycles. The van der Waals surface area contributed by atoms with Crippen LogP contribution >= 0.6 is 0 Å². The summed E-state index contributed by atoms with van der Waals surface area (Å²) in [5.74, 6) is -0.0467. The second kappa shape index (κ2) is 7.03. The molecule has 5 nitrogen and oxygen atoms in total. The van der Waals surface area contributed by atoms with Crippen LogP contribution in [0.15, 0.2) is 66.7 Å². The van der Waals surface area contributed by atoms with E-state index in [1.165, 1.54) is 5.56 Å². The van der Waals surface area contributed by atoms with Crippen LogP contribution in [0.25, 0.3) is 16.7 Å². The highest BCUT2D eigenvalue weighted by molar-refractivity contribution is 5.95. The quantitative estimate of drug-likeness (QED) is 0.596. The van der Waals surface area contributed by atoms with Crippen LogP contribution in [0.3, 0.4) is 0 Å². The summed E-state index contributed by atoms with van der Waals surface area (Å²) in [4.78, 5) is 14.0. The summed E-state index contributed by atoms with van der Waals surface area (Å²) in [5.41, 5.74) is 6.35. The van der Waals surface area contributed by atoms with Gasteiger partial charge in [0.1, 0.15) is 11.0 Å². The lowest BCUT2D eigenvalue weighted by Gasteiger charge is -2.08. The molecule has 134 valence electrons. The van der Waals surface area contributed by atoms with E-state index < -0.39 is 0 Å². The van der Waals surface area contributed by atoms with Crippen molar-refractivity contribution in [1.29, 1.82) is 0 Å². The number of carbonyl (C=O) groups is 1. The predicted molar refractivity (Wildman–Crippen MR) is 107 cm³/mol. The van der Waals surface area contributed by atoms with Crippen LogP contribution in [0.4, 0.5) is 5.69 Å². The lowest BCUT2D eigenvalue weighted by Crippen LogP contribution is -2.15. The van der Waals surface area contributed by atoms with E-state index in [1.54, 1.807) is 4.80 Å². The fourth-order valence-corrected chi connectivity index (χ4v) is 2.97. The third kappa shape index (κ3) is 3.72. The molecule has 1 heterocycles. The zero-order valence-corrected chi connectivity index (χ0v) is 15.3. The standard InChI is InChI=1S/C22H20N4O/c1-15-8-10-18(11-9-15)26-24-20-12-16(2)19(14-21(20)25-26)23-22(27)13-17-6-4-3-5-7-17/h3-12,14H,13H2,1-2H3,(H,23,27). The summed E-state index contributed by atoms with van der Waals surface area (Å²) in [6.45, 7) is 4.01. The summed E-state index contributed by atoms with van der Waals surface area (Å²) in [5, 5.41) is 12.1. The first kappa shape index (κ1) is 17.0. The molecule has 0 atom stereocenters. The molecule has 0 spiro atoms. The fraction of sp³-hybridized carbons (Fsp3) is 0.136. The van der Waals surface area contributed by atoms with Crippen molar-refractivity contribution in [3.05, 3.63) is 83.4 Å². The number of hydrogen-bond donors (Lipinski definition) is 1. The fourth-order valence-electron chi connectivity index (χ4n) is 2.97. The monoisotopic (exact) mass is 356 g/mol. The molecule has 0 saturated carbocycles. The van der Waals surface area contributed by atoms with Gasteiger partial charge in [-0.05, 0) is 49.2 Å². The maximum Gasteiger partial charge on any atom is 0.228 e. The van der Waals surface area contributed by atoms with Gasteiger partial charge in [0.25, 0.3) is 0 Å². The van der Waals surface area contributed by atoms with Gasteiger partial charge in [-0.25, -0.2) is 0 Å². The molecule has 27 heavy (non-hydrogen) atoms. The van der Waals surface area contributed by atoms with Gasteiger partial charge < -0.3 is 5.32 Å². The van der Waals surface area contributed by atoms with Crippen LogP contribution < -0.4 is 5.32 Å². The lowest BCUT2D eigenvalue weighted by atomic mass is 10.1. The molecule has 4 aromatic rings. The van der Waals surface area contributed by atoms with E-state index in [-0.39, 0.29) is 5.91 Å². The average Bonchev–Trinajstić information content (AvgIpc) is 3.06. The van der Waals surface area contributed by atoms with E-state index in [0.717, 1.165) is 33.5 Å². The molecule has 4 rings (SSSR count). The average molecular weight is 356 g/mol. The van der Waals surface area contributed by atoms with E-state index >= 15 is 0 Å². The Balaban J connectivity index is 1.59. The van der Waals surface area contributed by atoms with Crippen molar-refractivity contribution in [2.24, 2.45) is 0 Å². The lowest BCUT2D eigenvalue weighted by molar-refractivity contribution is -0.115. The van der Waals surface area contributed by atoms with Crippen molar-refractivity contribution in [2.45, 2.75) is 20.3 Å². The van der Waals surface area contributed by atoms with Crippen LogP contribution in [-0.2, 0) is 11.2 Å². The second-order valence-electron chi connectivity index (χ2n) is 6.69. The van der Waals surface area contributed by atoms with Gasteiger partial charge in [-0.2, -0.15) is 4.80 Å². The molecule has 0 unspecified atom stereocenters. The number of anilines is 1. The Hall–Kier alpha value is -3.47. The topological polar surface area (TPSA) is 59.8 Å². The van der Waals surface area contributed by atoms with Crippen molar-refractivity contribution >= 4 is 22.6 Å². The molecule has 1 N–H and O–H groups in total. The highest BCUT2D eigenvalue weighted by atomic mass is 16.1. The minimum absolute atomic E-state index is 0.0467. The Morgan fingerprint density at radius 1 is 0.926 bits per heavy atom. The van der Waals surface area contributed by atoms with Crippen molar-refractivity contribution in [2.75, 3.05) is 5.32 Å². The Kier molecular flexibility index (Phi) is 4.42. The van der Waals surface area contributed by atoms with E-state index in [1.807, 2.05) is 80.6 Å². The van der Waals surface area contributed by atoms with Gasteiger partial charge >= 0.3 is 0 Å². The first-order chi connectivity index (χ1) is 13.1. The normalized spacial score (nSPS) is 10.9. The van der Waals surface area contributed by atoms with Crippen LogP contribution in [-0.4, -0.2) is 20.9 Å². The minimum Gasteiger partial charge on any atom is -0.325 e. The van der Waals surface area contributed by atoms with Crippen molar-refractivity contribution < 1.29 is 4.79 Å². The number of nitrogens with one attached hydrogen (secondary N) is 1. The number of amides is 1. The second-order valence-corrected chi connectivity index (χ2v) is 6.69. The molecule has 0 aliphatic carbocycles. The molecule has 0 aliphatic rings. The molecule has 5 heteroatoms. The maximum atomic E-state index is 12.4. The van der Waals surface area contributed by atoms with Gasteiger partial charge in [-0.15, -0.1) is 10.2 Å². The number of carbonyl (C=O) groups excluding carboxylic acids is 1. The highest BCUT2D eigenvalue weighted by Crippen LogP contribution is 2.22. The zero-order chi connectivity index (χ0) is 18.8. The first-order valence-electron chi connectivity index (χ1n) is 8.87. The van der Waals surface area contributed by atoms with Gasteiger partial charge in [-0.1, -0.05) is 48.0 Å². The maximum absolute atomic E-state index is 12.4. The number of aryl methyl sites for hydroxylation is 2. The van der Waals surface area contributed by atoms with E-state index in [9.17, 15) is 4.79 Å². The molecule has 1 aromatic heterocycles. The van der Waals surface area contributed by atoms with Crippen LogP contribution in [0, 0.1) is 13.8 Å². The summed E-state index contributed by atoms with van der Waals surface area (Å²) in [7, 11) is 0. The number of benzene rings is 3. The summed E-state index contributed by atoms with van der Waals surface area (Å²) in [6.07, 6.45) is 0.342. The third-order valence-corrected chi connectivity index (χ3v) is 4.47. The van der Waals surface area contributed by atoms with Crippen molar-refractivity contribution in [1.82, 2.24) is 15.0 Å². The zero-order valence-electron chi connectivity index (χ0n) is 15.3. The van der Waals surface area contributed by atoms with Crippen LogP contribution in [0.2, 0.25) is 0 Å². The number of nitrogens with zero attached hydrogens (tertiary/aromatic N) is 3. The third-order valence-electron chi connectivity index (χ3n) is 4.47. The predicted octanol–water partition coefficient (Wildman–Crippen LogP) is 4.22. The molecule has 0 radical (unpaired) electrons.